The van der Waals surface area contributed by atoms with Crippen molar-refractivity contribution in [2.75, 3.05) is 32.0 Å². The SMILES string of the molecule is C=CC(=O)Nc1cccc(C)c1Nc1ncc2cc(-c3c(Cl)c(OC)cc(OC)c3Cl)nc(OC)c2n1. The third kappa shape index (κ3) is 5.09. The molecular weight excluding hydrogens is 517 g/mol. The first kappa shape index (κ1) is 26.0. The number of amides is 1. The molecular formula is C26H23Cl2N5O4. The van der Waals surface area contributed by atoms with Crippen LogP contribution in [-0.2, 0) is 4.79 Å². The number of benzene rings is 2. The highest BCUT2D eigenvalue weighted by Gasteiger charge is 2.22. The van der Waals surface area contributed by atoms with E-state index in [2.05, 4.69) is 32.2 Å². The minimum Gasteiger partial charge on any atom is -0.495 e. The second-order valence-corrected chi connectivity index (χ2v) is 8.50. The zero-order chi connectivity index (χ0) is 26.7. The summed E-state index contributed by atoms with van der Waals surface area (Å²) in [5.41, 5.74) is 3.38. The first-order valence-corrected chi connectivity index (χ1v) is 11.7. The smallest absolute Gasteiger partial charge is 0.247 e. The molecule has 0 fully saturated rings. The van der Waals surface area contributed by atoms with Gasteiger partial charge in [-0.25, -0.2) is 15.0 Å². The number of methoxy groups -OCH3 is 3. The van der Waals surface area contributed by atoms with Crippen LogP contribution >= 0.6 is 23.2 Å². The van der Waals surface area contributed by atoms with Crippen molar-refractivity contribution in [3.63, 3.8) is 0 Å². The lowest BCUT2D eigenvalue weighted by Crippen LogP contribution is -2.10. The molecule has 1 amide bonds. The molecule has 9 nitrogen and oxygen atoms in total. The summed E-state index contributed by atoms with van der Waals surface area (Å²) in [5.74, 6) is 0.942. The summed E-state index contributed by atoms with van der Waals surface area (Å²) in [5, 5.41) is 7.13. The van der Waals surface area contributed by atoms with Crippen molar-refractivity contribution in [2.45, 2.75) is 6.92 Å². The summed E-state index contributed by atoms with van der Waals surface area (Å²) in [6.45, 7) is 5.40. The third-order valence-corrected chi connectivity index (χ3v) is 6.26. The zero-order valence-corrected chi connectivity index (χ0v) is 22.0. The maximum Gasteiger partial charge on any atom is 0.247 e. The molecule has 190 valence electrons. The number of para-hydroxylation sites is 1. The number of anilines is 3. The first-order valence-electron chi connectivity index (χ1n) is 10.9. The van der Waals surface area contributed by atoms with Crippen LogP contribution in [0.15, 0.2) is 49.2 Å². The molecule has 37 heavy (non-hydrogen) atoms. The highest BCUT2D eigenvalue weighted by atomic mass is 35.5. The van der Waals surface area contributed by atoms with Crippen molar-refractivity contribution in [3.05, 3.63) is 64.8 Å². The van der Waals surface area contributed by atoms with E-state index in [0.29, 0.717) is 45.0 Å². The van der Waals surface area contributed by atoms with E-state index in [9.17, 15) is 4.79 Å². The van der Waals surface area contributed by atoms with Crippen molar-refractivity contribution in [3.8, 4) is 28.6 Å². The molecule has 11 heteroatoms. The molecule has 0 atom stereocenters. The van der Waals surface area contributed by atoms with Gasteiger partial charge < -0.3 is 24.8 Å². The van der Waals surface area contributed by atoms with Gasteiger partial charge >= 0.3 is 0 Å². The number of pyridine rings is 1. The van der Waals surface area contributed by atoms with E-state index < -0.39 is 0 Å². The number of halogens is 2. The molecule has 0 saturated carbocycles. The second kappa shape index (κ2) is 10.9. The zero-order valence-electron chi connectivity index (χ0n) is 20.5. The van der Waals surface area contributed by atoms with Crippen molar-refractivity contribution in [1.29, 1.82) is 0 Å². The van der Waals surface area contributed by atoms with Gasteiger partial charge in [0.1, 0.15) is 17.0 Å². The minimum atomic E-state index is -0.335. The second-order valence-electron chi connectivity index (χ2n) is 7.75. The molecule has 2 aromatic heterocycles. The summed E-state index contributed by atoms with van der Waals surface area (Å²) < 4.78 is 16.3. The summed E-state index contributed by atoms with van der Waals surface area (Å²) >= 11 is 13.2. The monoisotopic (exact) mass is 539 g/mol. The van der Waals surface area contributed by atoms with Gasteiger partial charge in [0.05, 0.1) is 48.4 Å². The van der Waals surface area contributed by atoms with E-state index in [4.69, 9.17) is 37.4 Å². The van der Waals surface area contributed by atoms with Crippen LogP contribution < -0.4 is 24.8 Å². The fourth-order valence-corrected chi connectivity index (χ4v) is 4.38. The molecule has 0 aliphatic carbocycles. The third-order valence-electron chi connectivity index (χ3n) is 5.51. The van der Waals surface area contributed by atoms with Crippen LogP contribution in [0.5, 0.6) is 17.4 Å². The summed E-state index contributed by atoms with van der Waals surface area (Å²) in [7, 11) is 4.48. The maximum atomic E-state index is 11.9. The number of nitrogens with one attached hydrogen (secondary N) is 2. The van der Waals surface area contributed by atoms with Gasteiger partial charge in [0.2, 0.25) is 17.7 Å². The Bertz CT molecular complexity index is 1500. The summed E-state index contributed by atoms with van der Waals surface area (Å²) in [4.78, 5) is 25.6. The van der Waals surface area contributed by atoms with Gasteiger partial charge in [-0.3, -0.25) is 4.79 Å². The van der Waals surface area contributed by atoms with E-state index in [-0.39, 0.29) is 27.8 Å². The van der Waals surface area contributed by atoms with Crippen molar-refractivity contribution in [2.24, 2.45) is 0 Å². The highest BCUT2D eigenvalue weighted by molar-refractivity contribution is 6.41. The van der Waals surface area contributed by atoms with Gasteiger partial charge in [0.25, 0.3) is 0 Å². The van der Waals surface area contributed by atoms with Crippen molar-refractivity contribution < 1.29 is 19.0 Å². The number of hydrogen-bond acceptors (Lipinski definition) is 8. The quantitative estimate of drug-likeness (QED) is 0.255. The van der Waals surface area contributed by atoms with E-state index >= 15 is 0 Å². The van der Waals surface area contributed by atoms with Crippen LogP contribution in [0.3, 0.4) is 0 Å². The standard InChI is InChI=1S/C26H23Cl2N5O4/c1-6-19(34)30-15-9-7-8-13(2)23(15)32-26-29-12-14-10-16(31-25(37-5)24(14)33-26)20-21(27)17(35-3)11-18(36-4)22(20)28/h6-12H,1H2,2-5H3,(H,30,34)(H,29,32,33). The number of fused-ring (bicyclic) bond motifs is 1. The van der Waals surface area contributed by atoms with Gasteiger partial charge in [0.15, 0.2) is 0 Å². The molecule has 4 aromatic rings. The van der Waals surface area contributed by atoms with Crippen LogP contribution in [0.25, 0.3) is 22.2 Å². The molecule has 2 aromatic carbocycles. The predicted molar refractivity (Wildman–Crippen MR) is 146 cm³/mol. The Kier molecular flexibility index (Phi) is 7.66. The largest absolute Gasteiger partial charge is 0.495 e. The first-order chi connectivity index (χ1) is 17.8. The van der Waals surface area contributed by atoms with Crippen molar-refractivity contribution >= 4 is 57.3 Å². The Labute approximate surface area is 223 Å². The Hall–Kier alpha value is -4.08. The summed E-state index contributed by atoms with van der Waals surface area (Å²) in [6, 6.07) is 8.85. The average Bonchev–Trinajstić information content (AvgIpc) is 2.90. The van der Waals surface area contributed by atoms with Crippen molar-refractivity contribution in [1.82, 2.24) is 15.0 Å². The topological polar surface area (TPSA) is 107 Å². The molecule has 0 spiro atoms. The minimum absolute atomic E-state index is 0.233. The summed E-state index contributed by atoms with van der Waals surface area (Å²) in [6.07, 6.45) is 2.82. The lowest BCUT2D eigenvalue weighted by molar-refractivity contribution is -0.111. The number of aromatic nitrogens is 3. The molecule has 0 aliphatic rings. The molecule has 0 bridgehead atoms. The van der Waals surface area contributed by atoms with E-state index in [1.54, 1.807) is 24.4 Å². The molecule has 0 radical (unpaired) electrons. The molecule has 0 aliphatic heterocycles. The van der Waals surface area contributed by atoms with Gasteiger partial charge in [-0.2, -0.15) is 0 Å². The van der Waals surface area contributed by atoms with E-state index in [1.807, 2.05) is 19.1 Å². The Morgan fingerprint density at radius 2 is 1.73 bits per heavy atom. The molecule has 2 heterocycles. The Balaban J connectivity index is 1.81. The maximum absolute atomic E-state index is 11.9. The number of carbonyl (C=O) groups is 1. The predicted octanol–water partition coefficient (Wildman–Crippen LogP) is 6.20. The lowest BCUT2D eigenvalue weighted by atomic mass is 10.1. The molecule has 0 saturated heterocycles. The fourth-order valence-electron chi connectivity index (χ4n) is 3.68. The molecule has 0 unspecified atom stereocenters. The van der Waals surface area contributed by atoms with Gasteiger partial charge in [-0.05, 0) is 30.7 Å². The molecule has 4 rings (SSSR count). The fraction of sp³-hybridized carbons (Fsp3) is 0.154. The number of nitrogens with zero attached hydrogens (tertiary/aromatic N) is 3. The lowest BCUT2D eigenvalue weighted by Gasteiger charge is -2.16. The number of rotatable bonds is 8. The van der Waals surface area contributed by atoms with Crippen LogP contribution in [0.4, 0.5) is 17.3 Å². The van der Waals surface area contributed by atoms with E-state index in [0.717, 1.165) is 5.56 Å². The number of carbonyl (C=O) groups excluding carboxylic acids is 1. The Morgan fingerprint density at radius 3 is 2.35 bits per heavy atom. The average molecular weight is 540 g/mol. The number of aryl methyl sites for hydroxylation is 1. The van der Waals surface area contributed by atoms with Crippen LogP contribution in [0.1, 0.15) is 5.56 Å². The van der Waals surface area contributed by atoms with Gasteiger partial charge in [-0.1, -0.05) is 41.9 Å². The number of ether oxygens (including phenoxy) is 3. The number of hydrogen-bond donors (Lipinski definition) is 2. The van der Waals surface area contributed by atoms with Gasteiger partial charge in [-0.15, -0.1) is 0 Å². The van der Waals surface area contributed by atoms with E-state index in [1.165, 1.54) is 27.4 Å². The van der Waals surface area contributed by atoms with Crippen LogP contribution in [0.2, 0.25) is 10.0 Å². The van der Waals surface area contributed by atoms with Crippen LogP contribution in [-0.4, -0.2) is 42.2 Å². The Morgan fingerprint density at radius 1 is 1.03 bits per heavy atom. The molecule has 2 N–H and O–H groups in total. The normalized spacial score (nSPS) is 10.6. The highest BCUT2D eigenvalue weighted by Crippen LogP contribution is 2.46. The van der Waals surface area contributed by atoms with Crippen LogP contribution in [0, 0.1) is 6.92 Å². The van der Waals surface area contributed by atoms with Gasteiger partial charge in [0, 0.05) is 23.2 Å².